The predicted octanol–water partition coefficient (Wildman–Crippen LogP) is -1.74. The summed E-state index contributed by atoms with van der Waals surface area (Å²) in [5.74, 6) is -3.84. The van der Waals surface area contributed by atoms with Gasteiger partial charge in [0, 0.05) is 17.7 Å². The second kappa shape index (κ2) is 11.8. The number of hydrogen-bond donors (Lipinski definition) is 10. The topological polar surface area (TPSA) is 269 Å². The second-order valence-electron chi connectivity index (χ2n) is 10.3. The fraction of sp³-hybridized carbons (Fsp3) is 0.444. The largest absolute Gasteiger partial charge is 0.507 e. The number of phenols is 3. The highest BCUT2D eigenvalue weighted by Crippen LogP contribution is 2.50. The molecule has 0 amide bonds. The van der Waals surface area contributed by atoms with Crippen molar-refractivity contribution in [3.8, 4) is 51.4 Å². The van der Waals surface area contributed by atoms with Crippen LogP contribution in [0.4, 0.5) is 0 Å². The van der Waals surface area contributed by atoms with Crippen molar-refractivity contribution < 1.29 is 74.4 Å². The van der Waals surface area contributed by atoms with Gasteiger partial charge >= 0.3 is 0 Å². The third-order valence-corrected chi connectivity index (χ3v) is 7.30. The lowest BCUT2D eigenvalue weighted by molar-refractivity contribution is -0.318. The molecule has 1 aliphatic carbocycles. The molecule has 10 N–H and O–H groups in total. The van der Waals surface area contributed by atoms with E-state index in [9.17, 15) is 55.9 Å². The molecule has 0 aromatic heterocycles. The molecule has 10 atom stereocenters. The minimum Gasteiger partial charge on any atom is -0.507 e. The van der Waals surface area contributed by atoms with E-state index in [0.717, 1.165) is 24.3 Å². The van der Waals surface area contributed by atoms with Gasteiger partial charge in [0.1, 0.15) is 59.8 Å². The van der Waals surface area contributed by atoms with E-state index < -0.39 is 102 Å². The van der Waals surface area contributed by atoms with Crippen LogP contribution in [0.15, 0.2) is 39.5 Å². The first-order valence-electron chi connectivity index (χ1n) is 13.0. The van der Waals surface area contributed by atoms with Crippen LogP contribution in [0.5, 0.6) is 28.7 Å². The molecule has 2 saturated heterocycles. The first-order valence-corrected chi connectivity index (χ1v) is 13.0. The molecule has 10 unspecified atom stereocenters. The van der Waals surface area contributed by atoms with Gasteiger partial charge in [0.15, 0.2) is 34.7 Å². The smallest absolute Gasteiger partial charge is 0.229 e. The van der Waals surface area contributed by atoms with E-state index >= 15 is 0 Å². The molecule has 5 rings (SSSR count). The molecular formula is C27H30O16. The summed E-state index contributed by atoms with van der Waals surface area (Å²) < 4.78 is 27.9. The highest BCUT2D eigenvalue weighted by molar-refractivity contribution is 5.82. The van der Waals surface area contributed by atoms with Gasteiger partial charge in [0.25, 0.3) is 0 Å². The molecule has 0 spiro atoms. The molecule has 1 aromatic rings. The average molecular weight is 611 g/mol. The standard InChI is InChI=1S/C27H30O16/c1-8-17(32)20(35)22(37)26(40-8)39-7-15-18(33)21(36)23(38)27(42-15)43-25-19(34)16-13(31)5-10(28)6-14(16)41-24(25)9-2-3-11(29)12(30)4-9/h2-6,8,15,17-18,20-23,26-27,29-38H,7H2,1H3. The number of ether oxygens (including phenoxy) is 4. The normalized spacial score (nSPS) is 33.0. The summed E-state index contributed by atoms with van der Waals surface area (Å²) in [6.45, 7) is 0.830. The molecule has 43 heavy (non-hydrogen) atoms. The fourth-order valence-corrected chi connectivity index (χ4v) is 4.84. The molecular weight excluding hydrogens is 580 g/mol. The summed E-state index contributed by atoms with van der Waals surface area (Å²) in [7, 11) is 0. The Hall–Kier alpha value is -3.71. The molecule has 16 heteroatoms. The lowest BCUT2D eigenvalue weighted by Crippen LogP contribution is -2.61. The SMILES string of the molecule is CC1OC(OCC2OC(Oc3c(-c4ccc(O)c(O)c4)oc4cc(=O)cc(O)c-4c3O)C(O)C(O)C2O)C(O)C(O)C1O. The van der Waals surface area contributed by atoms with Crippen molar-refractivity contribution in [1.29, 1.82) is 0 Å². The Balaban J connectivity index is 1.48. The van der Waals surface area contributed by atoms with Crippen LogP contribution in [0, 0.1) is 0 Å². The lowest BCUT2D eigenvalue weighted by Gasteiger charge is -2.42. The van der Waals surface area contributed by atoms with Crippen molar-refractivity contribution in [3.05, 3.63) is 40.6 Å². The third-order valence-electron chi connectivity index (χ3n) is 7.30. The third kappa shape index (κ3) is 5.67. The van der Waals surface area contributed by atoms with Gasteiger partial charge in [-0.3, -0.25) is 4.79 Å². The van der Waals surface area contributed by atoms with Gasteiger partial charge in [-0.1, -0.05) is 0 Å². The number of fused-ring (bicyclic) bond motifs is 1. The van der Waals surface area contributed by atoms with Crippen molar-refractivity contribution in [2.24, 2.45) is 0 Å². The van der Waals surface area contributed by atoms with Crippen molar-refractivity contribution in [1.82, 2.24) is 0 Å². The maximum Gasteiger partial charge on any atom is 0.229 e. The van der Waals surface area contributed by atoms with E-state index in [1.54, 1.807) is 0 Å². The Labute approximate surface area is 241 Å². The lowest BCUT2D eigenvalue weighted by atomic mass is 9.98. The molecule has 0 saturated carbocycles. The zero-order chi connectivity index (χ0) is 31.3. The molecule has 3 aliphatic heterocycles. The van der Waals surface area contributed by atoms with Gasteiger partial charge < -0.3 is 74.4 Å². The van der Waals surface area contributed by atoms with E-state index in [1.165, 1.54) is 13.0 Å². The number of aliphatic hydroxyl groups excluding tert-OH is 6. The van der Waals surface area contributed by atoms with Gasteiger partial charge in [0.05, 0.1) is 12.7 Å². The molecule has 234 valence electrons. The van der Waals surface area contributed by atoms with Crippen LogP contribution in [-0.2, 0) is 14.2 Å². The second-order valence-corrected chi connectivity index (χ2v) is 10.3. The Bertz CT molecular complexity index is 1490. The summed E-state index contributed by atoms with van der Waals surface area (Å²) in [6.07, 6.45) is -16.1. The van der Waals surface area contributed by atoms with Crippen LogP contribution in [0.3, 0.4) is 0 Å². The van der Waals surface area contributed by atoms with E-state index in [1.807, 2.05) is 0 Å². The Morgan fingerprint density at radius 3 is 2.12 bits per heavy atom. The van der Waals surface area contributed by atoms with Crippen molar-refractivity contribution in [3.63, 3.8) is 0 Å². The number of benzene rings is 2. The van der Waals surface area contributed by atoms with Crippen LogP contribution < -0.4 is 10.2 Å². The minimum absolute atomic E-state index is 0.0117. The summed E-state index contributed by atoms with van der Waals surface area (Å²) in [6, 6.07) is 5.13. The first-order chi connectivity index (χ1) is 20.3. The van der Waals surface area contributed by atoms with E-state index in [0.29, 0.717) is 0 Å². The molecule has 2 fully saturated rings. The predicted molar refractivity (Wildman–Crippen MR) is 139 cm³/mol. The number of hydrogen-bond acceptors (Lipinski definition) is 16. The Morgan fingerprint density at radius 2 is 1.42 bits per heavy atom. The van der Waals surface area contributed by atoms with Crippen LogP contribution >= 0.6 is 0 Å². The highest BCUT2D eigenvalue weighted by atomic mass is 16.7. The quantitative estimate of drug-likeness (QED) is 0.139. The average Bonchev–Trinajstić information content (AvgIpc) is 2.96. The summed E-state index contributed by atoms with van der Waals surface area (Å²) in [4.78, 5) is 12.0. The maximum absolute atomic E-state index is 12.0. The van der Waals surface area contributed by atoms with E-state index in [2.05, 4.69) is 0 Å². The molecule has 0 radical (unpaired) electrons. The number of phenolic OH excluding ortho intramolecular Hbond substituents is 3. The Kier molecular flexibility index (Phi) is 8.41. The molecule has 3 heterocycles. The van der Waals surface area contributed by atoms with E-state index in [-0.39, 0.29) is 22.6 Å². The zero-order valence-electron chi connectivity index (χ0n) is 22.3. The molecule has 4 aliphatic rings. The van der Waals surface area contributed by atoms with Crippen molar-refractivity contribution >= 4 is 0 Å². The van der Waals surface area contributed by atoms with Crippen LogP contribution in [0.2, 0.25) is 0 Å². The van der Waals surface area contributed by atoms with Crippen LogP contribution in [-0.4, -0.2) is 119 Å². The minimum atomic E-state index is -1.95. The summed E-state index contributed by atoms with van der Waals surface area (Å²) >= 11 is 0. The van der Waals surface area contributed by atoms with Gasteiger partial charge in [-0.25, -0.2) is 0 Å². The van der Waals surface area contributed by atoms with Gasteiger partial charge in [-0.05, 0) is 25.1 Å². The number of rotatable bonds is 6. The summed E-state index contributed by atoms with van der Waals surface area (Å²) in [5.41, 5.74) is -1.05. The van der Waals surface area contributed by atoms with E-state index in [4.69, 9.17) is 23.4 Å². The van der Waals surface area contributed by atoms with Gasteiger partial charge in [-0.2, -0.15) is 0 Å². The first kappa shape index (κ1) is 30.7. The van der Waals surface area contributed by atoms with Crippen molar-refractivity contribution in [2.75, 3.05) is 6.61 Å². The highest BCUT2D eigenvalue weighted by Gasteiger charge is 2.48. The van der Waals surface area contributed by atoms with Gasteiger partial charge in [-0.15, -0.1) is 0 Å². The summed E-state index contributed by atoms with van der Waals surface area (Å²) in [5, 5.41) is 103. The zero-order valence-corrected chi connectivity index (χ0v) is 22.3. The molecule has 1 aromatic carbocycles. The molecule has 16 nitrogen and oxygen atoms in total. The van der Waals surface area contributed by atoms with Crippen molar-refractivity contribution in [2.45, 2.75) is 68.3 Å². The van der Waals surface area contributed by atoms with Crippen LogP contribution in [0.25, 0.3) is 22.6 Å². The Morgan fingerprint density at radius 1 is 0.744 bits per heavy atom. The number of aliphatic hydroxyl groups is 6. The van der Waals surface area contributed by atoms with Crippen LogP contribution in [0.1, 0.15) is 6.92 Å². The van der Waals surface area contributed by atoms with Gasteiger partial charge in [0.2, 0.25) is 12.0 Å². The molecule has 0 bridgehead atoms. The monoisotopic (exact) mass is 610 g/mol. The maximum atomic E-state index is 12.0. The fourth-order valence-electron chi connectivity index (χ4n) is 4.84. The number of aromatic hydroxyl groups is 4.